The summed E-state index contributed by atoms with van der Waals surface area (Å²) in [7, 11) is 0. The molecule has 4 nitrogen and oxygen atoms in total. The lowest BCUT2D eigenvalue weighted by atomic mass is 9.98. The van der Waals surface area contributed by atoms with E-state index in [1.54, 1.807) is 6.07 Å². The first-order chi connectivity index (χ1) is 12.8. The van der Waals surface area contributed by atoms with Crippen molar-refractivity contribution in [2.24, 2.45) is 0 Å². The third-order valence-corrected chi connectivity index (χ3v) is 4.10. The lowest BCUT2D eigenvalue weighted by molar-refractivity contribution is 0.0945. The summed E-state index contributed by atoms with van der Waals surface area (Å²) in [6, 6.07) is 27.8. The van der Waals surface area contributed by atoms with E-state index >= 15 is 0 Å². The fraction of sp³-hybridized carbons (Fsp3) is 0.136. The quantitative estimate of drug-likeness (QED) is 0.612. The molecule has 0 atom stereocenters. The van der Waals surface area contributed by atoms with Gasteiger partial charge in [0.05, 0.1) is 12.6 Å². The summed E-state index contributed by atoms with van der Waals surface area (Å²) in [5, 5.41) is 15.1. The largest absolute Gasteiger partial charge is 0.395 e. The molecule has 0 radical (unpaired) electrons. The number of anilines is 1. The molecule has 0 aliphatic carbocycles. The topological polar surface area (TPSA) is 61.4 Å². The number of rotatable bonds is 7. The van der Waals surface area contributed by atoms with Crippen molar-refractivity contribution < 1.29 is 9.90 Å². The van der Waals surface area contributed by atoms with Crippen molar-refractivity contribution in [1.29, 1.82) is 0 Å². The Balaban J connectivity index is 1.87. The average molecular weight is 346 g/mol. The normalized spacial score (nSPS) is 10.5. The second-order valence-electron chi connectivity index (χ2n) is 5.96. The Morgan fingerprint density at radius 2 is 1.46 bits per heavy atom. The molecule has 0 spiro atoms. The highest BCUT2D eigenvalue weighted by Crippen LogP contribution is 2.27. The van der Waals surface area contributed by atoms with Gasteiger partial charge in [0.25, 0.3) is 5.91 Å². The molecule has 0 unspecified atom stereocenters. The molecule has 0 aromatic heterocycles. The summed E-state index contributed by atoms with van der Waals surface area (Å²) in [4.78, 5) is 12.1. The van der Waals surface area contributed by atoms with E-state index in [0.29, 0.717) is 5.56 Å². The van der Waals surface area contributed by atoms with Crippen LogP contribution in [0, 0.1) is 0 Å². The van der Waals surface area contributed by atoms with Crippen molar-refractivity contribution in [2.75, 3.05) is 18.5 Å². The molecule has 0 heterocycles. The minimum Gasteiger partial charge on any atom is -0.395 e. The third-order valence-electron chi connectivity index (χ3n) is 4.10. The van der Waals surface area contributed by atoms with Gasteiger partial charge >= 0.3 is 0 Å². The molecule has 0 fully saturated rings. The zero-order valence-corrected chi connectivity index (χ0v) is 14.4. The predicted molar refractivity (Wildman–Crippen MR) is 104 cm³/mol. The SMILES string of the molecule is O=C(NCCO)c1cccc(NC(c2ccccc2)c2ccccc2)c1. The van der Waals surface area contributed by atoms with Crippen LogP contribution in [-0.4, -0.2) is 24.2 Å². The number of hydrogen-bond acceptors (Lipinski definition) is 3. The van der Waals surface area contributed by atoms with E-state index in [2.05, 4.69) is 34.9 Å². The number of aliphatic hydroxyl groups is 1. The van der Waals surface area contributed by atoms with Crippen molar-refractivity contribution in [2.45, 2.75) is 6.04 Å². The van der Waals surface area contributed by atoms with Crippen molar-refractivity contribution in [1.82, 2.24) is 5.32 Å². The maximum absolute atomic E-state index is 12.1. The summed E-state index contributed by atoms with van der Waals surface area (Å²) in [5.74, 6) is -0.196. The molecule has 4 heteroatoms. The van der Waals surface area contributed by atoms with Crippen molar-refractivity contribution >= 4 is 11.6 Å². The van der Waals surface area contributed by atoms with E-state index < -0.39 is 0 Å². The van der Waals surface area contributed by atoms with Gasteiger partial charge in [0, 0.05) is 17.8 Å². The molecule has 132 valence electrons. The fourth-order valence-corrected chi connectivity index (χ4v) is 2.84. The Bertz CT molecular complexity index is 796. The van der Waals surface area contributed by atoms with Gasteiger partial charge in [-0.3, -0.25) is 4.79 Å². The summed E-state index contributed by atoms with van der Waals surface area (Å²) < 4.78 is 0. The molecule has 0 aliphatic rings. The van der Waals surface area contributed by atoms with Crippen molar-refractivity contribution in [3.05, 3.63) is 102 Å². The first kappa shape index (κ1) is 17.7. The molecule has 1 amide bonds. The number of aliphatic hydroxyl groups excluding tert-OH is 1. The van der Waals surface area contributed by atoms with E-state index in [1.807, 2.05) is 54.6 Å². The number of hydrogen-bond donors (Lipinski definition) is 3. The van der Waals surface area contributed by atoms with Crippen LogP contribution in [0.2, 0.25) is 0 Å². The van der Waals surface area contributed by atoms with E-state index in [9.17, 15) is 4.79 Å². The van der Waals surface area contributed by atoms with Gasteiger partial charge in [-0.1, -0.05) is 66.7 Å². The molecule has 0 saturated carbocycles. The third kappa shape index (κ3) is 4.49. The highest BCUT2D eigenvalue weighted by molar-refractivity contribution is 5.95. The second kappa shape index (κ2) is 8.83. The molecular formula is C22H22N2O2. The molecule has 3 N–H and O–H groups in total. The molecule has 0 aliphatic heterocycles. The number of amides is 1. The number of nitrogens with one attached hydrogen (secondary N) is 2. The van der Waals surface area contributed by atoms with Crippen LogP contribution in [0.3, 0.4) is 0 Å². The fourth-order valence-electron chi connectivity index (χ4n) is 2.84. The van der Waals surface area contributed by atoms with Gasteiger partial charge in [-0.15, -0.1) is 0 Å². The summed E-state index contributed by atoms with van der Waals surface area (Å²) in [6.45, 7) is 0.168. The molecule has 3 rings (SSSR count). The van der Waals surface area contributed by atoms with Gasteiger partial charge in [-0.05, 0) is 29.3 Å². The lowest BCUT2D eigenvalue weighted by Gasteiger charge is -2.21. The Morgan fingerprint density at radius 3 is 2.04 bits per heavy atom. The Kier molecular flexibility index (Phi) is 6.01. The van der Waals surface area contributed by atoms with Gasteiger partial charge in [0.2, 0.25) is 0 Å². The summed E-state index contributed by atoms with van der Waals surface area (Å²) in [5.41, 5.74) is 3.71. The second-order valence-corrected chi connectivity index (χ2v) is 5.96. The zero-order chi connectivity index (χ0) is 18.2. The molecule has 0 bridgehead atoms. The first-order valence-corrected chi connectivity index (χ1v) is 8.63. The van der Waals surface area contributed by atoms with Gasteiger partial charge in [0.1, 0.15) is 0 Å². The molecule has 3 aromatic carbocycles. The van der Waals surface area contributed by atoms with Crippen LogP contribution in [0.4, 0.5) is 5.69 Å². The highest BCUT2D eigenvalue weighted by Gasteiger charge is 2.14. The predicted octanol–water partition coefficient (Wildman–Crippen LogP) is 3.61. The van der Waals surface area contributed by atoms with Gasteiger partial charge in [0.15, 0.2) is 0 Å². The van der Waals surface area contributed by atoms with E-state index in [-0.39, 0.29) is 25.1 Å². The number of carbonyl (C=O) groups excluding carboxylic acids is 1. The Hall–Kier alpha value is -3.11. The zero-order valence-electron chi connectivity index (χ0n) is 14.4. The highest BCUT2D eigenvalue weighted by atomic mass is 16.3. The smallest absolute Gasteiger partial charge is 0.251 e. The van der Waals surface area contributed by atoms with Crippen LogP contribution in [0.5, 0.6) is 0 Å². The van der Waals surface area contributed by atoms with Gasteiger partial charge in [-0.2, -0.15) is 0 Å². The van der Waals surface area contributed by atoms with Gasteiger partial charge in [-0.25, -0.2) is 0 Å². The van der Waals surface area contributed by atoms with Crippen LogP contribution >= 0.6 is 0 Å². The van der Waals surface area contributed by atoms with Crippen LogP contribution in [0.15, 0.2) is 84.9 Å². The van der Waals surface area contributed by atoms with E-state index in [0.717, 1.165) is 16.8 Å². The minimum atomic E-state index is -0.196. The Labute approximate surface area is 153 Å². The van der Waals surface area contributed by atoms with Crippen LogP contribution in [0.1, 0.15) is 27.5 Å². The summed E-state index contributed by atoms with van der Waals surface area (Å²) >= 11 is 0. The molecule has 26 heavy (non-hydrogen) atoms. The van der Waals surface area contributed by atoms with Gasteiger partial charge < -0.3 is 15.7 Å². The monoisotopic (exact) mass is 346 g/mol. The van der Waals surface area contributed by atoms with E-state index in [4.69, 9.17) is 5.11 Å². The first-order valence-electron chi connectivity index (χ1n) is 8.63. The van der Waals surface area contributed by atoms with Crippen LogP contribution in [0.25, 0.3) is 0 Å². The minimum absolute atomic E-state index is 0.0202. The standard InChI is InChI=1S/C22H22N2O2/c25-15-14-23-22(26)19-12-7-13-20(16-19)24-21(17-8-3-1-4-9-17)18-10-5-2-6-11-18/h1-13,16,21,24-25H,14-15H2,(H,23,26). The van der Waals surface area contributed by atoms with Crippen molar-refractivity contribution in [3.8, 4) is 0 Å². The maximum Gasteiger partial charge on any atom is 0.251 e. The van der Waals surface area contributed by atoms with Crippen LogP contribution in [-0.2, 0) is 0 Å². The molecular weight excluding hydrogens is 324 g/mol. The Morgan fingerprint density at radius 1 is 0.846 bits per heavy atom. The number of carbonyl (C=O) groups is 1. The van der Waals surface area contributed by atoms with E-state index in [1.165, 1.54) is 0 Å². The molecule has 0 saturated heterocycles. The molecule has 3 aromatic rings. The number of benzene rings is 3. The summed E-state index contributed by atoms with van der Waals surface area (Å²) in [6.07, 6.45) is 0. The van der Waals surface area contributed by atoms with Crippen molar-refractivity contribution in [3.63, 3.8) is 0 Å². The lowest BCUT2D eigenvalue weighted by Crippen LogP contribution is -2.26. The van der Waals surface area contributed by atoms with Crippen LogP contribution < -0.4 is 10.6 Å². The average Bonchev–Trinajstić information content (AvgIpc) is 2.71. The maximum atomic E-state index is 12.1.